The number of allylic oxidation sites excluding steroid dienone is 1. The molecule has 150 valence electrons. The van der Waals surface area contributed by atoms with Crippen molar-refractivity contribution in [1.29, 1.82) is 5.41 Å². The lowest BCUT2D eigenvalue weighted by Crippen LogP contribution is -2.28. The number of nitrogens with two attached hydrogens (primary N) is 1. The minimum atomic E-state index is -1.15. The van der Waals surface area contributed by atoms with Gasteiger partial charge in [-0.05, 0) is 43.7 Å². The second-order valence-corrected chi connectivity index (χ2v) is 6.79. The zero-order chi connectivity index (χ0) is 20.8. The number of carboxylic acids is 2. The predicted molar refractivity (Wildman–Crippen MR) is 99.1 cm³/mol. The smallest absolute Gasteiger partial charge is 0.335 e. The molecular weight excluding hydrogens is 366 g/mol. The average molecular weight is 389 g/mol. The minimum absolute atomic E-state index is 0.00579. The summed E-state index contributed by atoms with van der Waals surface area (Å²) in [6.07, 6.45) is 1.56. The van der Waals surface area contributed by atoms with Crippen LogP contribution in [-0.4, -0.2) is 39.0 Å². The fourth-order valence-corrected chi connectivity index (χ4v) is 3.41. The number of carbonyl (C=O) groups excluding carboxylic acids is 1. The van der Waals surface area contributed by atoms with Crippen LogP contribution in [0.2, 0.25) is 0 Å². The summed E-state index contributed by atoms with van der Waals surface area (Å²) in [5, 5.41) is 35.6. The predicted octanol–water partition coefficient (Wildman–Crippen LogP) is 1.75. The highest BCUT2D eigenvalue weighted by Gasteiger charge is 2.29. The van der Waals surface area contributed by atoms with Crippen LogP contribution in [0.4, 0.5) is 0 Å². The molecule has 1 aliphatic rings. The number of carboxylic acid groups (broad SMARTS) is 2. The topological polar surface area (TPSA) is 174 Å². The third-order valence-electron chi connectivity index (χ3n) is 5.03. The van der Waals surface area contributed by atoms with Crippen molar-refractivity contribution in [3.05, 3.63) is 46.7 Å². The van der Waals surface area contributed by atoms with Gasteiger partial charge >= 0.3 is 11.9 Å². The highest BCUT2D eigenvalue weighted by atomic mass is 16.5. The summed E-state index contributed by atoms with van der Waals surface area (Å²) in [6.45, 7) is 0. The number of benzene rings is 1. The van der Waals surface area contributed by atoms with E-state index in [4.69, 9.17) is 26.6 Å². The molecule has 1 saturated carbocycles. The number of aromatic carboxylic acids is 1. The quantitative estimate of drug-likeness (QED) is 0.234. The number of nitrogens with one attached hydrogen (secondary N) is 2. The summed E-state index contributed by atoms with van der Waals surface area (Å²) in [5.74, 6) is -3.37. The Bertz CT molecular complexity index is 825. The van der Waals surface area contributed by atoms with Crippen molar-refractivity contribution < 1.29 is 29.8 Å². The lowest BCUT2D eigenvalue weighted by molar-refractivity contribution is -0.143. The van der Waals surface area contributed by atoms with E-state index in [-0.39, 0.29) is 40.4 Å². The van der Waals surface area contributed by atoms with Crippen LogP contribution >= 0.6 is 0 Å². The Kier molecular flexibility index (Phi) is 6.89. The van der Waals surface area contributed by atoms with Gasteiger partial charge in [0, 0.05) is 16.8 Å². The molecule has 9 heteroatoms. The standard InChI is InChI=1S/C19H23N3O6/c20-16(10-4-6-11(7-5-10)18(24)25)14(9-15(23)22-28)17(21)12-2-1-3-13(8-12)19(26)27/h1-3,8,10-11,21,28H,4-7,9,20H2,(H,22,23)(H,24,25)(H,26,27)/b16-14-,21-17?. The molecule has 0 saturated heterocycles. The molecule has 1 aliphatic carbocycles. The molecule has 1 aromatic rings. The average Bonchev–Trinajstić information content (AvgIpc) is 2.70. The van der Waals surface area contributed by atoms with Gasteiger partial charge in [0.05, 0.1) is 23.6 Å². The van der Waals surface area contributed by atoms with Crippen LogP contribution in [0.15, 0.2) is 35.5 Å². The van der Waals surface area contributed by atoms with E-state index in [2.05, 4.69) is 0 Å². The fourth-order valence-electron chi connectivity index (χ4n) is 3.41. The summed E-state index contributed by atoms with van der Waals surface area (Å²) in [4.78, 5) is 34.1. The van der Waals surface area contributed by atoms with Gasteiger partial charge in [-0.3, -0.25) is 20.2 Å². The van der Waals surface area contributed by atoms with E-state index in [0.29, 0.717) is 25.7 Å². The first kappa shape index (κ1) is 21.1. The van der Waals surface area contributed by atoms with E-state index in [1.807, 2.05) is 0 Å². The number of hydroxylamine groups is 1. The maximum absolute atomic E-state index is 11.7. The summed E-state index contributed by atoms with van der Waals surface area (Å²) in [5.41, 5.74) is 8.43. The first-order valence-corrected chi connectivity index (χ1v) is 8.81. The van der Waals surface area contributed by atoms with Gasteiger partial charge in [-0.15, -0.1) is 0 Å². The van der Waals surface area contributed by atoms with Crippen molar-refractivity contribution in [3.63, 3.8) is 0 Å². The maximum atomic E-state index is 11.7. The van der Waals surface area contributed by atoms with Crippen LogP contribution in [0.5, 0.6) is 0 Å². The molecule has 0 unspecified atom stereocenters. The monoisotopic (exact) mass is 389 g/mol. The van der Waals surface area contributed by atoms with Gasteiger partial charge in [0.15, 0.2) is 0 Å². The van der Waals surface area contributed by atoms with Crippen molar-refractivity contribution in [2.45, 2.75) is 32.1 Å². The number of amides is 1. The molecule has 0 atom stereocenters. The summed E-state index contributed by atoms with van der Waals surface area (Å²) in [7, 11) is 0. The molecule has 1 fully saturated rings. The van der Waals surface area contributed by atoms with E-state index in [0.717, 1.165) is 0 Å². The number of carbonyl (C=O) groups is 3. The molecule has 0 spiro atoms. The van der Waals surface area contributed by atoms with Crippen molar-refractivity contribution in [2.75, 3.05) is 0 Å². The minimum Gasteiger partial charge on any atom is -0.481 e. The lowest BCUT2D eigenvalue weighted by atomic mass is 9.78. The third kappa shape index (κ3) is 4.95. The van der Waals surface area contributed by atoms with Crippen molar-refractivity contribution >= 4 is 23.6 Å². The lowest BCUT2D eigenvalue weighted by Gasteiger charge is -2.28. The number of hydrogen-bond acceptors (Lipinski definition) is 6. The first-order chi connectivity index (χ1) is 13.2. The zero-order valence-corrected chi connectivity index (χ0v) is 15.1. The van der Waals surface area contributed by atoms with Crippen LogP contribution in [-0.2, 0) is 9.59 Å². The molecule has 0 heterocycles. The van der Waals surface area contributed by atoms with E-state index in [9.17, 15) is 14.4 Å². The normalized spacial score (nSPS) is 20.0. The van der Waals surface area contributed by atoms with Gasteiger partial charge < -0.3 is 15.9 Å². The fraction of sp³-hybridized carbons (Fsp3) is 0.368. The molecule has 0 aromatic heterocycles. The van der Waals surface area contributed by atoms with Gasteiger partial charge in [0.25, 0.3) is 0 Å². The third-order valence-corrected chi connectivity index (χ3v) is 5.03. The second kappa shape index (κ2) is 9.14. The molecule has 7 N–H and O–H groups in total. The van der Waals surface area contributed by atoms with Gasteiger partial charge in [0.1, 0.15) is 0 Å². The van der Waals surface area contributed by atoms with E-state index in [1.165, 1.54) is 23.7 Å². The molecule has 0 aliphatic heterocycles. The van der Waals surface area contributed by atoms with Crippen molar-refractivity contribution in [3.8, 4) is 0 Å². The highest BCUT2D eigenvalue weighted by molar-refractivity contribution is 6.13. The largest absolute Gasteiger partial charge is 0.481 e. The van der Waals surface area contributed by atoms with Crippen LogP contribution in [0.25, 0.3) is 0 Å². The molecule has 0 radical (unpaired) electrons. The molecular formula is C19H23N3O6. The van der Waals surface area contributed by atoms with Gasteiger partial charge in [-0.25, -0.2) is 10.3 Å². The Balaban J connectivity index is 2.35. The number of rotatable bonds is 7. The molecule has 1 aromatic carbocycles. The Labute approximate surface area is 161 Å². The van der Waals surface area contributed by atoms with E-state index < -0.39 is 23.8 Å². The summed E-state index contributed by atoms with van der Waals surface area (Å²) >= 11 is 0. The summed E-state index contributed by atoms with van der Waals surface area (Å²) in [6, 6.07) is 5.74. The molecule has 9 nitrogen and oxygen atoms in total. The molecule has 28 heavy (non-hydrogen) atoms. The first-order valence-electron chi connectivity index (χ1n) is 8.81. The van der Waals surface area contributed by atoms with Crippen LogP contribution in [0.1, 0.15) is 48.0 Å². The Hall–Kier alpha value is -3.20. The van der Waals surface area contributed by atoms with E-state index >= 15 is 0 Å². The van der Waals surface area contributed by atoms with Crippen molar-refractivity contribution in [1.82, 2.24) is 5.48 Å². The molecule has 2 rings (SSSR count). The SMILES string of the molecule is N=C(/C(CC(=O)NO)=C(\N)C1CCC(C(=O)O)CC1)c1cccc(C(=O)O)c1. The molecule has 1 amide bonds. The zero-order valence-electron chi connectivity index (χ0n) is 15.1. The van der Waals surface area contributed by atoms with Crippen LogP contribution in [0, 0.1) is 17.2 Å². The number of aliphatic carboxylic acids is 1. The number of hydrogen-bond donors (Lipinski definition) is 6. The van der Waals surface area contributed by atoms with Crippen LogP contribution in [0.3, 0.4) is 0 Å². The Morgan fingerprint density at radius 3 is 2.18 bits per heavy atom. The highest BCUT2D eigenvalue weighted by Crippen LogP contribution is 2.34. The maximum Gasteiger partial charge on any atom is 0.335 e. The van der Waals surface area contributed by atoms with Gasteiger partial charge in [-0.2, -0.15) is 0 Å². The van der Waals surface area contributed by atoms with Gasteiger partial charge in [-0.1, -0.05) is 12.1 Å². The second-order valence-electron chi connectivity index (χ2n) is 6.79. The van der Waals surface area contributed by atoms with E-state index in [1.54, 1.807) is 6.07 Å². The molecule has 0 bridgehead atoms. The Morgan fingerprint density at radius 1 is 1.07 bits per heavy atom. The van der Waals surface area contributed by atoms with Gasteiger partial charge in [0.2, 0.25) is 5.91 Å². The Morgan fingerprint density at radius 2 is 1.64 bits per heavy atom. The van der Waals surface area contributed by atoms with Crippen molar-refractivity contribution in [2.24, 2.45) is 17.6 Å². The van der Waals surface area contributed by atoms with Crippen LogP contribution < -0.4 is 11.2 Å². The summed E-state index contributed by atoms with van der Waals surface area (Å²) < 4.78 is 0.